The van der Waals surface area contributed by atoms with Crippen LogP contribution in [-0.2, 0) is 0 Å². The number of rotatable bonds is 2. The molecular formula is C15H18N4O2. The number of amides is 1. The van der Waals surface area contributed by atoms with E-state index in [1.807, 2.05) is 41.0 Å². The number of nitrogens with zero attached hydrogens (tertiary/aromatic N) is 4. The lowest BCUT2D eigenvalue weighted by Crippen LogP contribution is -2.49. The van der Waals surface area contributed by atoms with Crippen LogP contribution in [-0.4, -0.2) is 47.2 Å². The SMILES string of the molecule is Cc1nnc(N2CCN(C(=O)c3ccccc3C)CC2)o1. The van der Waals surface area contributed by atoms with Gasteiger partial charge < -0.3 is 14.2 Å². The van der Waals surface area contributed by atoms with Crippen LogP contribution >= 0.6 is 0 Å². The third kappa shape index (κ3) is 2.74. The Morgan fingerprint density at radius 3 is 2.43 bits per heavy atom. The number of carbonyl (C=O) groups is 1. The van der Waals surface area contributed by atoms with Gasteiger partial charge in [0, 0.05) is 38.7 Å². The predicted octanol–water partition coefficient (Wildman–Crippen LogP) is 1.65. The molecule has 6 nitrogen and oxygen atoms in total. The minimum Gasteiger partial charge on any atom is -0.408 e. The molecule has 3 rings (SSSR count). The number of piperazine rings is 1. The van der Waals surface area contributed by atoms with E-state index in [-0.39, 0.29) is 5.91 Å². The van der Waals surface area contributed by atoms with Gasteiger partial charge in [0.2, 0.25) is 5.89 Å². The molecule has 1 saturated heterocycles. The van der Waals surface area contributed by atoms with Crippen molar-refractivity contribution in [1.82, 2.24) is 15.1 Å². The van der Waals surface area contributed by atoms with E-state index in [9.17, 15) is 4.79 Å². The van der Waals surface area contributed by atoms with E-state index in [4.69, 9.17) is 4.42 Å². The highest BCUT2D eigenvalue weighted by Crippen LogP contribution is 2.17. The first-order valence-electron chi connectivity index (χ1n) is 7.05. The third-order valence-corrected chi connectivity index (χ3v) is 3.73. The number of carbonyl (C=O) groups excluding carboxylic acids is 1. The number of hydrogen-bond acceptors (Lipinski definition) is 5. The molecule has 6 heteroatoms. The molecule has 1 aliphatic heterocycles. The van der Waals surface area contributed by atoms with Gasteiger partial charge in [-0.3, -0.25) is 4.79 Å². The van der Waals surface area contributed by atoms with Gasteiger partial charge in [0.05, 0.1) is 0 Å². The van der Waals surface area contributed by atoms with Crippen LogP contribution in [0.3, 0.4) is 0 Å². The van der Waals surface area contributed by atoms with Gasteiger partial charge in [-0.25, -0.2) is 0 Å². The van der Waals surface area contributed by atoms with Crippen molar-refractivity contribution in [3.05, 3.63) is 41.3 Å². The fraction of sp³-hybridized carbons (Fsp3) is 0.400. The summed E-state index contributed by atoms with van der Waals surface area (Å²) in [6, 6.07) is 8.23. The average Bonchev–Trinajstić information content (AvgIpc) is 2.94. The molecule has 0 spiro atoms. The second kappa shape index (κ2) is 5.55. The highest BCUT2D eigenvalue weighted by molar-refractivity contribution is 5.95. The summed E-state index contributed by atoms with van der Waals surface area (Å²) in [5.74, 6) is 0.651. The van der Waals surface area contributed by atoms with Crippen LogP contribution in [0.4, 0.5) is 6.01 Å². The van der Waals surface area contributed by atoms with E-state index >= 15 is 0 Å². The molecule has 0 bridgehead atoms. The molecule has 1 aromatic heterocycles. The summed E-state index contributed by atoms with van der Waals surface area (Å²) in [5.41, 5.74) is 1.79. The lowest BCUT2D eigenvalue weighted by atomic mass is 10.1. The van der Waals surface area contributed by atoms with Crippen molar-refractivity contribution in [2.75, 3.05) is 31.1 Å². The Kier molecular flexibility index (Phi) is 3.60. The maximum atomic E-state index is 12.5. The Balaban J connectivity index is 1.66. The normalized spacial score (nSPS) is 15.3. The molecule has 0 N–H and O–H groups in total. The summed E-state index contributed by atoms with van der Waals surface area (Å²) in [7, 11) is 0. The third-order valence-electron chi connectivity index (χ3n) is 3.73. The second-order valence-electron chi connectivity index (χ2n) is 5.20. The van der Waals surface area contributed by atoms with Crippen LogP contribution in [0.5, 0.6) is 0 Å². The maximum absolute atomic E-state index is 12.5. The summed E-state index contributed by atoms with van der Waals surface area (Å²) < 4.78 is 5.42. The van der Waals surface area contributed by atoms with Crippen LogP contribution in [0.2, 0.25) is 0 Å². The van der Waals surface area contributed by atoms with E-state index in [0.29, 0.717) is 38.1 Å². The number of aromatic nitrogens is 2. The lowest BCUT2D eigenvalue weighted by molar-refractivity contribution is 0.0744. The first-order valence-corrected chi connectivity index (χ1v) is 7.05. The van der Waals surface area contributed by atoms with Crippen molar-refractivity contribution in [3.63, 3.8) is 0 Å². The lowest BCUT2D eigenvalue weighted by Gasteiger charge is -2.33. The fourth-order valence-corrected chi connectivity index (χ4v) is 2.50. The van der Waals surface area contributed by atoms with Gasteiger partial charge in [-0.05, 0) is 18.6 Å². The number of anilines is 1. The maximum Gasteiger partial charge on any atom is 0.318 e. The quantitative estimate of drug-likeness (QED) is 0.840. The first kappa shape index (κ1) is 13.6. The van der Waals surface area contributed by atoms with Gasteiger partial charge in [-0.2, -0.15) is 0 Å². The van der Waals surface area contributed by atoms with Gasteiger partial charge in [0.1, 0.15) is 0 Å². The summed E-state index contributed by atoms with van der Waals surface area (Å²) >= 11 is 0. The van der Waals surface area contributed by atoms with Crippen molar-refractivity contribution < 1.29 is 9.21 Å². The predicted molar refractivity (Wildman–Crippen MR) is 78.3 cm³/mol. The highest BCUT2D eigenvalue weighted by atomic mass is 16.4. The summed E-state index contributed by atoms with van der Waals surface area (Å²) in [6.45, 7) is 6.47. The highest BCUT2D eigenvalue weighted by Gasteiger charge is 2.25. The topological polar surface area (TPSA) is 62.5 Å². The largest absolute Gasteiger partial charge is 0.408 e. The zero-order valence-corrected chi connectivity index (χ0v) is 12.2. The van der Waals surface area contributed by atoms with Gasteiger partial charge in [0.15, 0.2) is 0 Å². The van der Waals surface area contributed by atoms with Crippen LogP contribution in [0.15, 0.2) is 28.7 Å². The molecule has 0 atom stereocenters. The van der Waals surface area contributed by atoms with E-state index in [1.165, 1.54) is 0 Å². The zero-order chi connectivity index (χ0) is 14.8. The van der Waals surface area contributed by atoms with Crippen molar-refractivity contribution in [1.29, 1.82) is 0 Å². The van der Waals surface area contributed by atoms with Gasteiger partial charge in [-0.15, -0.1) is 5.10 Å². The van der Waals surface area contributed by atoms with Crippen molar-refractivity contribution in [3.8, 4) is 0 Å². The number of aryl methyl sites for hydroxylation is 2. The van der Waals surface area contributed by atoms with E-state index < -0.39 is 0 Å². The average molecular weight is 286 g/mol. The van der Waals surface area contributed by atoms with Crippen LogP contribution < -0.4 is 4.90 Å². The molecule has 1 aromatic carbocycles. The van der Waals surface area contributed by atoms with Crippen molar-refractivity contribution in [2.45, 2.75) is 13.8 Å². The first-order chi connectivity index (χ1) is 10.1. The van der Waals surface area contributed by atoms with Crippen molar-refractivity contribution >= 4 is 11.9 Å². The Labute approximate surface area is 123 Å². The molecule has 2 aromatic rings. The molecule has 1 fully saturated rings. The Bertz CT molecular complexity index is 645. The van der Waals surface area contributed by atoms with E-state index in [0.717, 1.165) is 11.1 Å². The molecule has 0 radical (unpaired) electrons. The fourth-order valence-electron chi connectivity index (χ4n) is 2.50. The molecule has 2 heterocycles. The number of hydrogen-bond donors (Lipinski definition) is 0. The van der Waals surface area contributed by atoms with Crippen LogP contribution in [0, 0.1) is 13.8 Å². The van der Waals surface area contributed by atoms with E-state index in [1.54, 1.807) is 6.92 Å². The van der Waals surface area contributed by atoms with Gasteiger partial charge in [-0.1, -0.05) is 23.3 Å². The number of benzene rings is 1. The van der Waals surface area contributed by atoms with Gasteiger partial charge in [0.25, 0.3) is 5.91 Å². The molecule has 110 valence electrons. The molecule has 0 unspecified atom stereocenters. The summed E-state index contributed by atoms with van der Waals surface area (Å²) in [4.78, 5) is 16.4. The Morgan fingerprint density at radius 2 is 1.81 bits per heavy atom. The smallest absolute Gasteiger partial charge is 0.318 e. The van der Waals surface area contributed by atoms with Crippen molar-refractivity contribution in [2.24, 2.45) is 0 Å². The summed E-state index contributed by atoms with van der Waals surface area (Å²) in [5, 5.41) is 7.85. The standard InChI is InChI=1S/C15H18N4O2/c1-11-5-3-4-6-13(11)14(20)18-7-9-19(10-8-18)15-17-16-12(2)21-15/h3-6H,7-10H2,1-2H3. The summed E-state index contributed by atoms with van der Waals surface area (Å²) in [6.07, 6.45) is 0. The second-order valence-corrected chi connectivity index (χ2v) is 5.20. The molecule has 0 aliphatic carbocycles. The monoisotopic (exact) mass is 286 g/mol. The minimum absolute atomic E-state index is 0.0921. The molecule has 0 saturated carbocycles. The zero-order valence-electron chi connectivity index (χ0n) is 12.2. The Morgan fingerprint density at radius 1 is 1.10 bits per heavy atom. The molecule has 1 aliphatic rings. The molecular weight excluding hydrogens is 268 g/mol. The van der Waals surface area contributed by atoms with Gasteiger partial charge >= 0.3 is 6.01 Å². The van der Waals surface area contributed by atoms with E-state index in [2.05, 4.69) is 10.2 Å². The minimum atomic E-state index is 0.0921. The molecule has 1 amide bonds. The van der Waals surface area contributed by atoms with Crippen LogP contribution in [0.1, 0.15) is 21.8 Å². The Hall–Kier alpha value is -2.37. The molecule has 21 heavy (non-hydrogen) atoms. The van der Waals surface area contributed by atoms with Crippen LogP contribution in [0.25, 0.3) is 0 Å².